The highest BCUT2D eigenvalue weighted by Gasteiger charge is 2.38. The molecule has 1 saturated heterocycles. The van der Waals surface area contributed by atoms with Crippen LogP contribution in [0.4, 0.5) is 0 Å². The summed E-state index contributed by atoms with van der Waals surface area (Å²) < 4.78 is 10.7. The van der Waals surface area contributed by atoms with Crippen molar-refractivity contribution < 1.29 is 24.8 Å². The molecule has 5 nitrogen and oxygen atoms in total. The third-order valence-corrected chi connectivity index (χ3v) is 3.68. The van der Waals surface area contributed by atoms with Gasteiger partial charge in [-0.1, -0.05) is 36.4 Å². The number of hydrogen-bond acceptors (Lipinski definition) is 5. The number of benzene rings is 2. The van der Waals surface area contributed by atoms with E-state index in [0.717, 1.165) is 16.3 Å². The maximum atomic E-state index is 9.80. The zero-order valence-corrected chi connectivity index (χ0v) is 11.4. The maximum Gasteiger partial charge on any atom is 0.186 e. The predicted molar refractivity (Wildman–Crippen MR) is 76.5 cm³/mol. The second-order valence-electron chi connectivity index (χ2n) is 5.24. The molecule has 1 fully saturated rings. The van der Waals surface area contributed by atoms with Crippen LogP contribution in [0.3, 0.4) is 0 Å². The SMILES string of the molecule is O[C@@H]1[C@@H](O)[C@H](OCc2ccc3ccccc3c2)OC[C@H]1O. The van der Waals surface area contributed by atoms with Crippen LogP contribution in [0.15, 0.2) is 42.5 Å². The fourth-order valence-electron chi connectivity index (χ4n) is 2.43. The van der Waals surface area contributed by atoms with Crippen molar-refractivity contribution in [2.24, 2.45) is 0 Å². The number of aliphatic hydroxyl groups excluding tert-OH is 3. The van der Waals surface area contributed by atoms with Crippen LogP contribution in [0, 0.1) is 0 Å². The first-order valence-corrected chi connectivity index (χ1v) is 6.90. The van der Waals surface area contributed by atoms with Gasteiger partial charge in [0.05, 0.1) is 13.2 Å². The minimum absolute atomic E-state index is 0.0549. The first-order chi connectivity index (χ1) is 10.1. The van der Waals surface area contributed by atoms with Gasteiger partial charge in [-0.2, -0.15) is 0 Å². The van der Waals surface area contributed by atoms with E-state index in [1.807, 2.05) is 42.5 Å². The molecule has 112 valence electrons. The van der Waals surface area contributed by atoms with E-state index < -0.39 is 24.6 Å². The summed E-state index contributed by atoms with van der Waals surface area (Å²) in [5, 5.41) is 31.0. The molecule has 0 bridgehead atoms. The number of ether oxygens (including phenoxy) is 2. The topological polar surface area (TPSA) is 79.2 Å². The summed E-state index contributed by atoms with van der Waals surface area (Å²) in [7, 11) is 0. The van der Waals surface area contributed by atoms with Crippen molar-refractivity contribution in [2.45, 2.75) is 31.2 Å². The fourth-order valence-corrected chi connectivity index (χ4v) is 2.43. The van der Waals surface area contributed by atoms with E-state index in [4.69, 9.17) is 9.47 Å². The van der Waals surface area contributed by atoms with Gasteiger partial charge in [0.15, 0.2) is 6.29 Å². The lowest BCUT2D eigenvalue weighted by molar-refractivity contribution is -0.273. The molecule has 0 aromatic heterocycles. The fraction of sp³-hybridized carbons (Fsp3) is 0.375. The molecule has 4 atom stereocenters. The van der Waals surface area contributed by atoms with Gasteiger partial charge in [-0.25, -0.2) is 0 Å². The second-order valence-corrected chi connectivity index (χ2v) is 5.24. The summed E-state index contributed by atoms with van der Waals surface area (Å²) in [6, 6.07) is 14.0. The molecule has 0 saturated carbocycles. The van der Waals surface area contributed by atoms with Crippen molar-refractivity contribution in [3.8, 4) is 0 Å². The molecule has 1 aliphatic rings. The Hall–Kier alpha value is -1.50. The van der Waals surface area contributed by atoms with Gasteiger partial charge >= 0.3 is 0 Å². The van der Waals surface area contributed by atoms with Crippen LogP contribution < -0.4 is 0 Å². The number of fused-ring (bicyclic) bond motifs is 1. The molecule has 3 rings (SSSR count). The average molecular weight is 290 g/mol. The minimum atomic E-state index is -1.26. The normalized spacial score (nSPS) is 29.7. The summed E-state index contributed by atoms with van der Waals surface area (Å²) in [5.74, 6) is 0. The highest BCUT2D eigenvalue weighted by atomic mass is 16.7. The Morgan fingerprint density at radius 3 is 2.57 bits per heavy atom. The molecule has 1 aliphatic heterocycles. The van der Waals surface area contributed by atoms with Crippen molar-refractivity contribution in [1.82, 2.24) is 0 Å². The minimum Gasteiger partial charge on any atom is -0.388 e. The van der Waals surface area contributed by atoms with Crippen LogP contribution >= 0.6 is 0 Å². The first kappa shape index (κ1) is 14.4. The quantitative estimate of drug-likeness (QED) is 0.779. The number of hydrogen-bond donors (Lipinski definition) is 3. The van der Waals surface area contributed by atoms with E-state index in [9.17, 15) is 15.3 Å². The van der Waals surface area contributed by atoms with Crippen molar-refractivity contribution >= 4 is 10.8 Å². The van der Waals surface area contributed by atoms with E-state index in [1.54, 1.807) is 0 Å². The first-order valence-electron chi connectivity index (χ1n) is 6.90. The van der Waals surface area contributed by atoms with E-state index in [-0.39, 0.29) is 13.2 Å². The maximum absolute atomic E-state index is 9.80. The predicted octanol–water partition coefficient (Wildman–Crippen LogP) is 0.795. The molecule has 0 amide bonds. The smallest absolute Gasteiger partial charge is 0.186 e. The van der Waals surface area contributed by atoms with Crippen LogP contribution in [-0.2, 0) is 16.1 Å². The lowest BCUT2D eigenvalue weighted by atomic mass is 10.1. The Labute approximate surface area is 122 Å². The van der Waals surface area contributed by atoms with Crippen LogP contribution in [0.2, 0.25) is 0 Å². The zero-order valence-electron chi connectivity index (χ0n) is 11.4. The third kappa shape index (κ3) is 3.07. The van der Waals surface area contributed by atoms with E-state index in [1.165, 1.54) is 0 Å². The molecule has 0 spiro atoms. The molecule has 1 heterocycles. The summed E-state index contributed by atoms with van der Waals surface area (Å²) in [4.78, 5) is 0. The molecule has 5 heteroatoms. The summed E-state index contributed by atoms with van der Waals surface area (Å²) >= 11 is 0. The van der Waals surface area contributed by atoms with Gasteiger partial charge in [0, 0.05) is 0 Å². The Morgan fingerprint density at radius 1 is 1.00 bits per heavy atom. The van der Waals surface area contributed by atoms with Crippen LogP contribution in [-0.4, -0.2) is 46.5 Å². The average Bonchev–Trinajstić information content (AvgIpc) is 2.52. The molecular formula is C16H18O5. The Bertz CT molecular complexity index is 614. The zero-order chi connectivity index (χ0) is 14.8. The van der Waals surface area contributed by atoms with Gasteiger partial charge < -0.3 is 24.8 Å². The van der Waals surface area contributed by atoms with Gasteiger partial charge in [0.2, 0.25) is 0 Å². The second kappa shape index (κ2) is 6.09. The van der Waals surface area contributed by atoms with Gasteiger partial charge in [0.1, 0.15) is 18.3 Å². The van der Waals surface area contributed by atoms with E-state index in [0.29, 0.717) is 0 Å². The Balaban J connectivity index is 1.66. The van der Waals surface area contributed by atoms with Crippen LogP contribution in [0.25, 0.3) is 10.8 Å². The molecule has 3 N–H and O–H groups in total. The highest BCUT2D eigenvalue weighted by Crippen LogP contribution is 2.20. The van der Waals surface area contributed by atoms with Crippen molar-refractivity contribution in [3.63, 3.8) is 0 Å². The largest absolute Gasteiger partial charge is 0.388 e. The molecule has 0 unspecified atom stereocenters. The van der Waals surface area contributed by atoms with Gasteiger partial charge in [0.25, 0.3) is 0 Å². The standard InChI is InChI=1S/C16H18O5/c17-13-9-21-16(15(19)14(13)18)20-8-10-5-6-11-3-1-2-4-12(11)7-10/h1-7,13-19H,8-9H2/t13-,14+,15-,16-/m1/s1. The Morgan fingerprint density at radius 2 is 1.76 bits per heavy atom. The lowest BCUT2D eigenvalue weighted by Gasteiger charge is -2.34. The monoisotopic (exact) mass is 290 g/mol. The number of aliphatic hydroxyl groups is 3. The van der Waals surface area contributed by atoms with E-state index in [2.05, 4.69) is 0 Å². The van der Waals surface area contributed by atoms with Crippen LogP contribution in [0.5, 0.6) is 0 Å². The van der Waals surface area contributed by atoms with Gasteiger partial charge in [-0.05, 0) is 22.4 Å². The Kier molecular flexibility index (Phi) is 4.19. The van der Waals surface area contributed by atoms with Crippen molar-refractivity contribution in [3.05, 3.63) is 48.0 Å². The van der Waals surface area contributed by atoms with Crippen molar-refractivity contribution in [1.29, 1.82) is 0 Å². The summed E-state index contributed by atoms with van der Waals surface area (Å²) in [6.45, 7) is 0.204. The number of rotatable bonds is 3. The van der Waals surface area contributed by atoms with Crippen molar-refractivity contribution in [2.75, 3.05) is 6.61 Å². The molecule has 2 aromatic carbocycles. The highest BCUT2D eigenvalue weighted by molar-refractivity contribution is 5.82. The molecular weight excluding hydrogens is 272 g/mol. The van der Waals surface area contributed by atoms with Crippen LogP contribution in [0.1, 0.15) is 5.56 Å². The molecule has 2 aromatic rings. The van der Waals surface area contributed by atoms with Gasteiger partial charge in [-0.15, -0.1) is 0 Å². The lowest BCUT2D eigenvalue weighted by Crippen LogP contribution is -2.53. The molecule has 21 heavy (non-hydrogen) atoms. The molecule has 0 radical (unpaired) electrons. The third-order valence-electron chi connectivity index (χ3n) is 3.68. The van der Waals surface area contributed by atoms with Gasteiger partial charge in [-0.3, -0.25) is 0 Å². The summed E-state index contributed by atoms with van der Waals surface area (Å²) in [5.41, 5.74) is 0.949. The van der Waals surface area contributed by atoms with E-state index >= 15 is 0 Å². The molecule has 0 aliphatic carbocycles. The summed E-state index contributed by atoms with van der Waals surface area (Å²) in [6.07, 6.45) is -4.52.